The molecule has 1 fully saturated rings. The maximum atomic E-state index is 5.53. The Morgan fingerprint density at radius 3 is 2.89 bits per heavy atom. The van der Waals surface area contributed by atoms with Crippen LogP contribution in [0.15, 0.2) is 29.0 Å². The first-order valence-electron chi connectivity index (χ1n) is 6.79. The lowest BCUT2D eigenvalue weighted by molar-refractivity contribution is 0.221. The lowest BCUT2D eigenvalue weighted by Crippen LogP contribution is -2.43. The minimum Gasteiger partial charge on any atom is -0.338 e. The largest absolute Gasteiger partial charge is 0.338 e. The lowest BCUT2D eigenvalue weighted by atomic mass is 9.78. The second kappa shape index (κ2) is 5.09. The molecule has 1 aliphatic heterocycles. The van der Waals surface area contributed by atoms with E-state index in [0.717, 1.165) is 43.8 Å². The number of nitrogens with zero attached hydrogens (tertiary/aromatic N) is 3. The second-order valence-electron chi connectivity index (χ2n) is 5.07. The molecular formula is C14H18N4O. The minimum atomic E-state index is -0.00344. The van der Waals surface area contributed by atoms with E-state index >= 15 is 0 Å². The molecule has 0 aliphatic carbocycles. The van der Waals surface area contributed by atoms with E-state index in [1.807, 2.05) is 12.1 Å². The maximum absolute atomic E-state index is 5.53. The second-order valence-corrected chi connectivity index (χ2v) is 5.07. The van der Waals surface area contributed by atoms with E-state index in [1.165, 1.54) is 0 Å². The first kappa shape index (κ1) is 12.3. The summed E-state index contributed by atoms with van der Waals surface area (Å²) < 4.78 is 5.53. The van der Waals surface area contributed by atoms with Crippen LogP contribution in [-0.2, 0) is 5.41 Å². The van der Waals surface area contributed by atoms with Crippen molar-refractivity contribution in [1.82, 2.24) is 20.4 Å². The number of rotatable bonds is 3. The Labute approximate surface area is 112 Å². The van der Waals surface area contributed by atoms with Gasteiger partial charge in [-0.1, -0.05) is 12.1 Å². The molecule has 2 aromatic rings. The normalized spacial score (nSPS) is 23.4. The fourth-order valence-electron chi connectivity index (χ4n) is 2.66. The molecule has 5 heteroatoms. The van der Waals surface area contributed by atoms with Crippen LogP contribution in [0.5, 0.6) is 0 Å². The summed E-state index contributed by atoms with van der Waals surface area (Å²) in [5.74, 6) is 1.41. The lowest BCUT2D eigenvalue weighted by Gasteiger charge is -2.33. The van der Waals surface area contributed by atoms with Crippen LogP contribution in [0, 0.1) is 0 Å². The van der Waals surface area contributed by atoms with Gasteiger partial charge in [0.05, 0.1) is 5.41 Å². The Hall–Kier alpha value is -1.75. The first-order chi connectivity index (χ1) is 9.34. The Morgan fingerprint density at radius 1 is 1.37 bits per heavy atom. The third kappa shape index (κ3) is 2.26. The van der Waals surface area contributed by atoms with Gasteiger partial charge in [0.2, 0.25) is 11.7 Å². The van der Waals surface area contributed by atoms with Crippen molar-refractivity contribution in [1.29, 1.82) is 0 Å². The highest BCUT2D eigenvalue weighted by atomic mass is 16.5. The van der Waals surface area contributed by atoms with Crippen molar-refractivity contribution in [3.8, 4) is 11.4 Å². The molecule has 0 aromatic carbocycles. The van der Waals surface area contributed by atoms with Gasteiger partial charge in [-0.05, 0) is 37.9 Å². The summed E-state index contributed by atoms with van der Waals surface area (Å²) in [5, 5.41) is 7.55. The Bertz CT molecular complexity index is 531. The minimum absolute atomic E-state index is 0.00344. The highest BCUT2D eigenvalue weighted by Gasteiger charge is 2.37. The predicted octanol–water partition coefficient (Wildman–Crippen LogP) is 2.16. The highest BCUT2D eigenvalue weighted by Crippen LogP contribution is 2.34. The average molecular weight is 258 g/mol. The van der Waals surface area contributed by atoms with E-state index in [9.17, 15) is 0 Å². The molecule has 0 spiro atoms. The molecular weight excluding hydrogens is 240 g/mol. The summed E-state index contributed by atoms with van der Waals surface area (Å²) in [6, 6.07) is 3.79. The number of hydrogen-bond acceptors (Lipinski definition) is 5. The molecule has 1 unspecified atom stereocenters. The third-order valence-electron chi connectivity index (χ3n) is 3.97. The molecule has 3 heterocycles. The van der Waals surface area contributed by atoms with Crippen LogP contribution in [0.25, 0.3) is 11.4 Å². The summed E-state index contributed by atoms with van der Waals surface area (Å²) in [6.45, 7) is 4.18. The van der Waals surface area contributed by atoms with Crippen molar-refractivity contribution in [2.45, 2.75) is 31.6 Å². The van der Waals surface area contributed by atoms with Gasteiger partial charge in [0.25, 0.3) is 0 Å². The van der Waals surface area contributed by atoms with E-state index in [4.69, 9.17) is 4.52 Å². The molecule has 0 radical (unpaired) electrons. The number of pyridine rings is 1. The number of nitrogens with one attached hydrogen (secondary N) is 1. The van der Waals surface area contributed by atoms with Crippen molar-refractivity contribution in [2.75, 3.05) is 13.1 Å². The van der Waals surface area contributed by atoms with Crippen LogP contribution in [0.4, 0.5) is 0 Å². The zero-order valence-electron chi connectivity index (χ0n) is 11.1. The maximum Gasteiger partial charge on any atom is 0.234 e. The zero-order valence-corrected chi connectivity index (χ0v) is 11.1. The van der Waals surface area contributed by atoms with E-state index in [0.29, 0.717) is 5.82 Å². The van der Waals surface area contributed by atoms with Gasteiger partial charge in [0.15, 0.2) is 0 Å². The molecule has 2 aromatic heterocycles. The molecule has 1 saturated heterocycles. The Morgan fingerprint density at radius 2 is 2.21 bits per heavy atom. The van der Waals surface area contributed by atoms with Gasteiger partial charge < -0.3 is 9.84 Å². The van der Waals surface area contributed by atoms with E-state index < -0.39 is 0 Å². The summed E-state index contributed by atoms with van der Waals surface area (Å²) in [6.07, 6.45) is 6.75. The van der Waals surface area contributed by atoms with Gasteiger partial charge in [-0.3, -0.25) is 4.98 Å². The van der Waals surface area contributed by atoms with Gasteiger partial charge in [-0.25, -0.2) is 0 Å². The van der Waals surface area contributed by atoms with Crippen molar-refractivity contribution in [3.63, 3.8) is 0 Å². The Balaban J connectivity index is 1.92. The quantitative estimate of drug-likeness (QED) is 0.914. The van der Waals surface area contributed by atoms with Gasteiger partial charge in [0, 0.05) is 24.5 Å². The van der Waals surface area contributed by atoms with Crippen LogP contribution >= 0.6 is 0 Å². The molecule has 0 saturated carbocycles. The van der Waals surface area contributed by atoms with E-state index in [1.54, 1.807) is 12.4 Å². The van der Waals surface area contributed by atoms with Crippen molar-refractivity contribution >= 4 is 0 Å². The smallest absolute Gasteiger partial charge is 0.234 e. The number of piperidine rings is 1. The highest BCUT2D eigenvalue weighted by molar-refractivity contribution is 5.52. The summed E-state index contributed by atoms with van der Waals surface area (Å²) in [4.78, 5) is 8.60. The van der Waals surface area contributed by atoms with Gasteiger partial charge in [-0.15, -0.1) is 0 Å². The Kier molecular flexibility index (Phi) is 3.29. The SMILES string of the molecule is CCC1(c2nc(-c3ccncc3)no2)CCCNC1. The molecule has 0 bridgehead atoms. The molecule has 1 aliphatic rings. The van der Waals surface area contributed by atoms with Crippen LogP contribution in [0.2, 0.25) is 0 Å². The monoisotopic (exact) mass is 258 g/mol. The average Bonchev–Trinajstić information content (AvgIpc) is 2.99. The van der Waals surface area contributed by atoms with Crippen LogP contribution < -0.4 is 5.32 Å². The number of aromatic nitrogens is 3. The summed E-state index contributed by atoms with van der Waals surface area (Å²) >= 11 is 0. The molecule has 1 atom stereocenters. The molecule has 5 nitrogen and oxygen atoms in total. The fraction of sp³-hybridized carbons (Fsp3) is 0.500. The topological polar surface area (TPSA) is 63.8 Å². The molecule has 19 heavy (non-hydrogen) atoms. The van der Waals surface area contributed by atoms with E-state index in [2.05, 4.69) is 27.4 Å². The summed E-state index contributed by atoms with van der Waals surface area (Å²) in [5.41, 5.74) is 0.941. The van der Waals surface area contributed by atoms with Gasteiger partial charge >= 0.3 is 0 Å². The molecule has 1 N–H and O–H groups in total. The standard InChI is InChI=1S/C14H18N4O/c1-2-14(6-3-7-16-10-14)13-17-12(18-19-13)11-4-8-15-9-5-11/h4-5,8-9,16H,2-3,6-7,10H2,1H3. The number of hydrogen-bond donors (Lipinski definition) is 1. The van der Waals surface area contributed by atoms with E-state index in [-0.39, 0.29) is 5.41 Å². The fourth-order valence-corrected chi connectivity index (χ4v) is 2.66. The first-order valence-corrected chi connectivity index (χ1v) is 6.79. The van der Waals surface area contributed by atoms with Gasteiger partial charge in [0.1, 0.15) is 0 Å². The summed E-state index contributed by atoms with van der Waals surface area (Å²) in [7, 11) is 0. The van der Waals surface area contributed by atoms with Crippen LogP contribution in [-0.4, -0.2) is 28.2 Å². The van der Waals surface area contributed by atoms with Crippen LogP contribution in [0.3, 0.4) is 0 Å². The van der Waals surface area contributed by atoms with Gasteiger partial charge in [-0.2, -0.15) is 4.98 Å². The molecule has 100 valence electrons. The molecule has 0 amide bonds. The predicted molar refractivity (Wildman–Crippen MR) is 71.6 cm³/mol. The van der Waals surface area contributed by atoms with Crippen molar-refractivity contribution < 1.29 is 4.52 Å². The molecule has 3 rings (SSSR count). The van der Waals surface area contributed by atoms with Crippen molar-refractivity contribution in [3.05, 3.63) is 30.4 Å². The van der Waals surface area contributed by atoms with Crippen molar-refractivity contribution in [2.24, 2.45) is 0 Å². The third-order valence-corrected chi connectivity index (χ3v) is 3.97. The van der Waals surface area contributed by atoms with Crippen LogP contribution in [0.1, 0.15) is 32.1 Å². The zero-order chi connectivity index (χ0) is 13.1.